The molecule has 8 heteroatoms. The molecule has 0 aliphatic heterocycles. The average Bonchev–Trinajstić information content (AvgIpc) is 3.75. The van der Waals surface area contributed by atoms with E-state index in [2.05, 4.69) is 26.1 Å². The van der Waals surface area contributed by atoms with Crippen LogP contribution < -0.4 is 0 Å². The highest BCUT2D eigenvalue weighted by Gasteiger charge is 2.44. The second-order valence-corrected chi connectivity index (χ2v) is 8.43. The number of amides is 1. The van der Waals surface area contributed by atoms with E-state index >= 15 is 0 Å². The average molecular weight is 413 g/mol. The second kappa shape index (κ2) is 7.58. The summed E-state index contributed by atoms with van der Waals surface area (Å²) in [5.74, 6) is 1.52. The molecule has 0 N–H and O–H groups in total. The van der Waals surface area contributed by atoms with Crippen molar-refractivity contribution in [2.45, 2.75) is 44.1 Å². The Labute approximate surface area is 180 Å². The molecule has 156 valence electrons. The number of hydrogen-bond donors (Lipinski definition) is 0. The molecule has 8 nitrogen and oxygen atoms in total. The van der Waals surface area contributed by atoms with E-state index in [1.165, 1.54) is 6.33 Å². The number of rotatable bonds is 7. The summed E-state index contributed by atoms with van der Waals surface area (Å²) in [5, 5.41) is 13.7. The monoisotopic (exact) mass is 413 g/mol. The number of benzene rings is 1. The number of carbonyl (C=O) groups excluding carboxylic acids is 1. The summed E-state index contributed by atoms with van der Waals surface area (Å²) in [6.45, 7) is 2.64. The van der Waals surface area contributed by atoms with Crippen LogP contribution in [0.3, 0.4) is 0 Å². The summed E-state index contributed by atoms with van der Waals surface area (Å²) in [6, 6.07) is 11.4. The molecule has 5 rings (SSSR count). The molecule has 1 aromatic carbocycles. The van der Waals surface area contributed by atoms with Gasteiger partial charge in [0.15, 0.2) is 5.82 Å². The molecule has 3 aromatic rings. The van der Waals surface area contributed by atoms with Crippen molar-refractivity contribution >= 4 is 5.91 Å². The third-order valence-corrected chi connectivity index (χ3v) is 6.22. The van der Waals surface area contributed by atoms with Crippen LogP contribution in [0.4, 0.5) is 0 Å². The van der Waals surface area contributed by atoms with E-state index in [4.69, 9.17) is 0 Å². The van der Waals surface area contributed by atoms with E-state index in [-0.39, 0.29) is 17.4 Å². The van der Waals surface area contributed by atoms with E-state index in [1.807, 2.05) is 36.1 Å². The molecule has 1 unspecified atom stereocenters. The van der Waals surface area contributed by atoms with Crippen molar-refractivity contribution in [3.63, 3.8) is 0 Å². The third-order valence-electron chi connectivity index (χ3n) is 6.22. The Kier molecular flexibility index (Phi) is 4.74. The van der Waals surface area contributed by atoms with Crippen LogP contribution in [0.2, 0.25) is 0 Å². The minimum Gasteiger partial charge on any atom is -0.328 e. The number of hydrogen-bond acceptors (Lipinski definition) is 6. The van der Waals surface area contributed by atoms with Crippen LogP contribution in [0.25, 0.3) is 5.95 Å². The molecular weight excluding hydrogens is 390 g/mol. The highest BCUT2D eigenvalue weighted by Crippen LogP contribution is 2.47. The van der Waals surface area contributed by atoms with Gasteiger partial charge >= 0.3 is 0 Å². The summed E-state index contributed by atoms with van der Waals surface area (Å²) in [5.41, 5.74) is 1.26. The van der Waals surface area contributed by atoms with E-state index in [1.54, 1.807) is 23.1 Å². The molecule has 2 fully saturated rings. The van der Waals surface area contributed by atoms with Crippen LogP contribution in [-0.2, 0) is 5.41 Å². The van der Waals surface area contributed by atoms with Gasteiger partial charge in [0, 0.05) is 24.5 Å². The first-order valence-electron chi connectivity index (χ1n) is 10.6. The zero-order valence-electron chi connectivity index (χ0n) is 17.3. The lowest BCUT2D eigenvalue weighted by Crippen LogP contribution is -2.36. The van der Waals surface area contributed by atoms with Crippen molar-refractivity contribution in [1.82, 2.24) is 29.6 Å². The smallest absolute Gasteiger partial charge is 0.254 e. The van der Waals surface area contributed by atoms with Crippen molar-refractivity contribution < 1.29 is 4.79 Å². The highest BCUT2D eigenvalue weighted by molar-refractivity contribution is 5.94. The van der Waals surface area contributed by atoms with Crippen molar-refractivity contribution in [3.05, 3.63) is 66.0 Å². The lowest BCUT2D eigenvalue weighted by atomic mass is 9.96. The van der Waals surface area contributed by atoms with Gasteiger partial charge in [-0.25, -0.2) is 15.0 Å². The van der Waals surface area contributed by atoms with Gasteiger partial charge in [-0.1, -0.05) is 12.1 Å². The van der Waals surface area contributed by atoms with Crippen molar-refractivity contribution in [2.75, 3.05) is 6.54 Å². The molecule has 0 saturated heterocycles. The number of aromatic nitrogens is 5. The first kappa shape index (κ1) is 19.4. The van der Waals surface area contributed by atoms with Crippen LogP contribution in [0, 0.1) is 17.2 Å². The molecule has 0 bridgehead atoms. The lowest BCUT2D eigenvalue weighted by molar-refractivity contribution is 0.0670. The molecule has 31 heavy (non-hydrogen) atoms. The van der Waals surface area contributed by atoms with Crippen LogP contribution in [0.1, 0.15) is 60.4 Å². The maximum absolute atomic E-state index is 13.5. The first-order chi connectivity index (χ1) is 15.1. The lowest BCUT2D eigenvalue weighted by Gasteiger charge is -2.29. The van der Waals surface area contributed by atoms with Gasteiger partial charge < -0.3 is 4.90 Å². The van der Waals surface area contributed by atoms with Crippen LogP contribution in [0.15, 0.2) is 49.1 Å². The number of carbonyl (C=O) groups is 1. The Morgan fingerprint density at radius 3 is 2.55 bits per heavy atom. The molecular formula is C23H23N7O. The fraction of sp³-hybridized carbons (Fsp3) is 0.391. The van der Waals surface area contributed by atoms with Gasteiger partial charge in [-0.2, -0.15) is 15.0 Å². The summed E-state index contributed by atoms with van der Waals surface area (Å²) in [7, 11) is 0. The van der Waals surface area contributed by atoms with E-state index < -0.39 is 0 Å². The Hall–Kier alpha value is -3.60. The summed E-state index contributed by atoms with van der Waals surface area (Å²) < 4.78 is 1.59. The first-order valence-corrected chi connectivity index (χ1v) is 10.6. The van der Waals surface area contributed by atoms with E-state index in [9.17, 15) is 10.1 Å². The van der Waals surface area contributed by atoms with Gasteiger partial charge in [0.25, 0.3) is 11.9 Å². The van der Waals surface area contributed by atoms with Crippen molar-refractivity contribution in [2.24, 2.45) is 5.92 Å². The van der Waals surface area contributed by atoms with Gasteiger partial charge in [0.2, 0.25) is 0 Å². The molecule has 0 spiro atoms. The highest BCUT2D eigenvalue weighted by atomic mass is 16.2. The predicted octanol–water partition coefficient (Wildman–Crippen LogP) is 3.23. The Morgan fingerprint density at radius 1 is 1.23 bits per heavy atom. The molecule has 2 aromatic heterocycles. The quantitative estimate of drug-likeness (QED) is 0.589. The molecule has 2 aliphatic carbocycles. The molecule has 1 atom stereocenters. The largest absolute Gasteiger partial charge is 0.328 e. The molecule has 1 amide bonds. The zero-order valence-corrected chi connectivity index (χ0v) is 17.3. The van der Waals surface area contributed by atoms with Crippen LogP contribution in [0.5, 0.6) is 0 Å². The second-order valence-electron chi connectivity index (χ2n) is 8.43. The van der Waals surface area contributed by atoms with E-state index in [0.717, 1.165) is 31.2 Å². The maximum Gasteiger partial charge on any atom is 0.254 e. The van der Waals surface area contributed by atoms with Gasteiger partial charge in [0.05, 0.1) is 17.5 Å². The molecule has 2 aliphatic rings. The van der Waals surface area contributed by atoms with Crippen LogP contribution >= 0.6 is 0 Å². The topological polar surface area (TPSA) is 101 Å². The third kappa shape index (κ3) is 3.67. The minimum absolute atomic E-state index is 0.0451. The standard InChI is InChI=1S/C23H23N7O/c1-16(20-27-15-28-30(20)22-25-11-2-12-26-22)29(13-17-3-4-17)21(31)18-5-7-19(8-6-18)23(14-24)9-10-23/h2,5-8,11-12,15-17H,3-4,9-10,13H2,1H3. The molecule has 2 heterocycles. The number of nitrogens with zero attached hydrogens (tertiary/aromatic N) is 7. The fourth-order valence-electron chi connectivity index (χ4n) is 3.91. The molecule has 0 radical (unpaired) electrons. The molecule has 2 saturated carbocycles. The van der Waals surface area contributed by atoms with Crippen LogP contribution in [-0.4, -0.2) is 42.1 Å². The van der Waals surface area contributed by atoms with Gasteiger partial charge in [-0.3, -0.25) is 4.79 Å². The van der Waals surface area contributed by atoms with E-state index in [0.29, 0.717) is 29.8 Å². The predicted molar refractivity (Wildman–Crippen MR) is 112 cm³/mol. The van der Waals surface area contributed by atoms with Crippen molar-refractivity contribution in [3.8, 4) is 12.0 Å². The zero-order chi connectivity index (χ0) is 21.4. The summed E-state index contributed by atoms with van der Waals surface area (Å²) >= 11 is 0. The SMILES string of the molecule is CC(c1ncnn1-c1ncccn1)N(CC1CC1)C(=O)c1ccc(C2(C#N)CC2)cc1. The maximum atomic E-state index is 13.5. The Balaban J connectivity index is 1.43. The number of nitriles is 1. The summed E-state index contributed by atoms with van der Waals surface area (Å²) in [6.07, 6.45) is 8.82. The fourth-order valence-corrected chi connectivity index (χ4v) is 3.91. The normalized spacial score (nSPS) is 17.5. The van der Waals surface area contributed by atoms with Crippen molar-refractivity contribution in [1.29, 1.82) is 5.26 Å². The summed E-state index contributed by atoms with van der Waals surface area (Å²) in [4.78, 5) is 28.3. The van der Waals surface area contributed by atoms with Gasteiger partial charge in [-0.05, 0) is 62.3 Å². The van der Waals surface area contributed by atoms with Gasteiger partial charge in [-0.15, -0.1) is 0 Å². The van der Waals surface area contributed by atoms with Gasteiger partial charge in [0.1, 0.15) is 6.33 Å². The Bertz CT molecular complexity index is 1120. The Morgan fingerprint density at radius 2 is 1.94 bits per heavy atom. The minimum atomic E-state index is -0.353.